The predicted molar refractivity (Wildman–Crippen MR) is 118 cm³/mol. The van der Waals surface area contributed by atoms with Crippen LogP contribution in [0.1, 0.15) is 32.3 Å². The van der Waals surface area contributed by atoms with Gasteiger partial charge >= 0.3 is 0 Å². The number of halogens is 1. The highest BCUT2D eigenvalue weighted by Crippen LogP contribution is 2.29. The molecule has 1 amide bonds. The standard InChI is InChI=1S/C21H23BrN2O3S/c1-3-5-10-26-16-7-8-17-19(12-16)28-21(23-17)24-20(25)13-27-18-9-6-15(22)11-14(18)4-2/h6-9,11-12H,3-5,10,13H2,1-2H3,(H,23,24,25). The van der Waals surface area contributed by atoms with Crippen LogP contribution in [0.2, 0.25) is 0 Å². The molecule has 5 nitrogen and oxygen atoms in total. The summed E-state index contributed by atoms with van der Waals surface area (Å²) in [5.74, 6) is 1.32. The van der Waals surface area contributed by atoms with Gasteiger partial charge in [0.1, 0.15) is 11.5 Å². The van der Waals surface area contributed by atoms with E-state index in [1.165, 1.54) is 11.3 Å². The molecule has 0 fully saturated rings. The minimum atomic E-state index is -0.233. The number of aryl methyl sites for hydroxylation is 1. The van der Waals surface area contributed by atoms with Crippen LogP contribution in [0.25, 0.3) is 10.2 Å². The normalized spacial score (nSPS) is 10.8. The lowest BCUT2D eigenvalue weighted by molar-refractivity contribution is -0.118. The van der Waals surface area contributed by atoms with Crippen LogP contribution in [-0.4, -0.2) is 24.1 Å². The minimum Gasteiger partial charge on any atom is -0.494 e. The number of rotatable bonds is 9. The summed E-state index contributed by atoms with van der Waals surface area (Å²) in [7, 11) is 0. The number of aromatic nitrogens is 1. The molecule has 28 heavy (non-hydrogen) atoms. The molecule has 0 aliphatic carbocycles. The molecule has 0 radical (unpaired) electrons. The van der Waals surface area contributed by atoms with Crippen molar-refractivity contribution in [2.24, 2.45) is 0 Å². The van der Waals surface area contributed by atoms with Crippen LogP contribution in [-0.2, 0) is 11.2 Å². The molecular formula is C21H23BrN2O3S. The third-order valence-corrected chi connectivity index (χ3v) is 5.56. The van der Waals surface area contributed by atoms with Crippen LogP contribution in [0.5, 0.6) is 11.5 Å². The highest BCUT2D eigenvalue weighted by molar-refractivity contribution is 9.10. The third kappa shape index (κ3) is 5.45. The zero-order chi connectivity index (χ0) is 19.9. The van der Waals surface area contributed by atoms with E-state index in [-0.39, 0.29) is 12.5 Å². The largest absolute Gasteiger partial charge is 0.494 e. The Morgan fingerprint density at radius 1 is 1.18 bits per heavy atom. The first-order valence-electron chi connectivity index (χ1n) is 9.33. The molecule has 0 aliphatic heterocycles. The molecule has 3 rings (SSSR count). The summed E-state index contributed by atoms with van der Waals surface area (Å²) in [6.45, 7) is 4.83. The zero-order valence-electron chi connectivity index (χ0n) is 16.0. The lowest BCUT2D eigenvalue weighted by Crippen LogP contribution is -2.20. The minimum absolute atomic E-state index is 0.0596. The Kier molecular flexibility index (Phi) is 7.28. The SMILES string of the molecule is CCCCOc1ccc2nc(NC(=O)COc3ccc(Br)cc3CC)sc2c1. The van der Waals surface area contributed by atoms with Gasteiger partial charge in [-0.25, -0.2) is 4.98 Å². The van der Waals surface area contributed by atoms with Gasteiger partial charge in [-0.15, -0.1) is 0 Å². The fourth-order valence-electron chi connectivity index (χ4n) is 2.65. The molecule has 3 aromatic rings. The van der Waals surface area contributed by atoms with Crippen LogP contribution >= 0.6 is 27.3 Å². The molecule has 0 unspecified atom stereocenters. The van der Waals surface area contributed by atoms with Gasteiger partial charge < -0.3 is 9.47 Å². The summed E-state index contributed by atoms with van der Waals surface area (Å²) in [5, 5.41) is 3.37. The van der Waals surface area contributed by atoms with Crippen molar-refractivity contribution in [1.82, 2.24) is 4.98 Å². The van der Waals surface area contributed by atoms with E-state index in [1.807, 2.05) is 36.4 Å². The summed E-state index contributed by atoms with van der Waals surface area (Å²) in [5.41, 5.74) is 1.89. The van der Waals surface area contributed by atoms with Crippen molar-refractivity contribution in [2.45, 2.75) is 33.1 Å². The number of nitrogens with zero attached hydrogens (tertiary/aromatic N) is 1. The van der Waals surface area contributed by atoms with E-state index in [9.17, 15) is 4.79 Å². The highest BCUT2D eigenvalue weighted by Gasteiger charge is 2.11. The molecule has 0 bridgehead atoms. The molecule has 0 saturated heterocycles. The fraction of sp³-hybridized carbons (Fsp3) is 0.333. The van der Waals surface area contributed by atoms with E-state index >= 15 is 0 Å². The molecule has 0 aliphatic rings. The first-order valence-corrected chi connectivity index (χ1v) is 10.9. The van der Waals surface area contributed by atoms with Crippen molar-refractivity contribution >= 4 is 48.5 Å². The Bertz CT molecular complexity index is 958. The molecule has 148 valence electrons. The number of amides is 1. The van der Waals surface area contributed by atoms with Gasteiger partial charge in [0, 0.05) is 4.47 Å². The van der Waals surface area contributed by atoms with Crippen molar-refractivity contribution < 1.29 is 14.3 Å². The van der Waals surface area contributed by atoms with E-state index in [1.54, 1.807) is 0 Å². The lowest BCUT2D eigenvalue weighted by Gasteiger charge is -2.10. The maximum Gasteiger partial charge on any atom is 0.264 e. The monoisotopic (exact) mass is 462 g/mol. The second-order valence-corrected chi connectivity index (χ2v) is 8.24. The van der Waals surface area contributed by atoms with Gasteiger partial charge in [0.05, 0.1) is 16.8 Å². The maximum atomic E-state index is 12.3. The van der Waals surface area contributed by atoms with Crippen molar-refractivity contribution in [2.75, 3.05) is 18.5 Å². The topological polar surface area (TPSA) is 60.5 Å². The summed E-state index contributed by atoms with van der Waals surface area (Å²) < 4.78 is 13.4. The van der Waals surface area contributed by atoms with E-state index < -0.39 is 0 Å². The number of carbonyl (C=O) groups is 1. The average molecular weight is 463 g/mol. The number of unbranched alkanes of at least 4 members (excludes halogenated alkanes) is 1. The van der Waals surface area contributed by atoms with Gasteiger partial charge in [0.15, 0.2) is 11.7 Å². The fourth-order valence-corrected chi connectivity index (χ4v) is 3.97. The summed E-state index contributed by atoms with van der Waals surface area (Å²) in [4.78, 5) is 16.7. The predicted octanol–water partition coefficient (Wildman–Crippen LogP) is 5.82. The number of benzene rings is 2. The third-order valence-electron chi connectivity index (χ3n) is 4.14. The molecular weight excluding hydrogens is 440 g/mol. The van der Waals surface area contributed by atoms with E-state index in [0.29, 0.717) is 11.7 Å². The first-order chi connectivity index (χ1) is 13.6. The van der Waals surface area contributed by atoms with Gasteiger partial charge in [-0.05, 0) is 54.8 Å². The number of hydrogen-bond donors (Lipinski definition) is 1. The second kappa shape index (κ2) is 9.89. The van der Waals surface area contributed by atoms with Gasteiger partial charge in [-0.2, -0.15) is 0 Å². The molecule has 0 saturated carbocycles. The first kappa shape index (κ1) is 20.6. The maximum absolute atomic E-state index is 12.3. The van der Waals surface area contributed by atoms with Crippen LogP contribution in [0.3, 0.4) is 0 Å². The summed E-state index contributed by atoms with van der Waals surface area (Å²) >= 11 is 4.88. The number of nitrogens with one attached hydrogen (secondary N) is 1. The van der Waals surface area contributed by atoms with Gasteiger partial charge in [-0.3, -0.25) is 10.1 Å². The second-order valence-electron chi connectivity index (χ2n) is 6.29. The van der Waals surface area contributed by atoms with Crippen molar-refractivity contribution in [3.8, 4) is 11.5 Å². The summed E-state index contributed by atoms with van der Waals surface area (Å²) in [6.07, 6.45) is 2.96. The van der Waals surface area contributed by atoms with Crippen molar-refractivity contribution in [3.63, 3.8) is 0 Å². The average Bonchev–Trinajstić information content (AvgIpc) is 3.08. The Hall–Kier alpha value is -2.12. The van der Waals surface area contributed by atoms with Crippen LogP contribution in [0.15, 0.2) is 40.9 Å². The molecule has 0 atom stereocenters. The number of hydrogen-bond acceptors (Lipinski definition) is 5. The van der Waals surface area contributed by atoms with Crippen molar-refractivity contribution in [1.29, 1.82) is 0 Å². The molecule has 0 spiro atoms. The number of carbonyl (C=O) groups excluding carboxylic acids is 1. The van der Waals surface area contributed by atoms with E-state index in [4.69, 9.17) is 9.47 Å². The summed E-state index contributed by atoms with van der Waals surface area (Å²) in [6, 6.07) is 11.6. The number of fused-ring (bicyclic) bond motifs is 1. The van der Waals surface area contributed by atoms with Crippen LogP contribution < -0.4 is 14.8 Å². The Balaban J connectivity index is 1.60. The Labute approximate surface area is 177 Å². The number of ether oxygens (including phenoxy) is 2. The molecule has 7 heteroatoms. The van der Waals surface area contributed by atoms with Gasteiger partial charge in [0.2, 0.25) is 0 Å². The molecule has 1 aromatic heterocycles. The van der Waals surface area contributed by atoms with E-state index in [2.05, 4.69) is 40.1 Å². The van der Waals surface area contributed by atoms with Crippen LogP contribution in [0.4, 0.5) is 5.13 Å². The van der Waals surface area contributed by atoms with Crippen molar-refractivity contribution in [3.05, 3.63) is 46.4 Å². The molecule has 1 N–H and O–H groups in total. The number of thiazole rings is 1. The van der Waals surface area contributed by atoms with Gasteiger partial charge in [-0.1, -0.05) is 47.5 Å². The Morgan fingerprint density at radius 3 is 2.82 bits per heavy atom. The smallest absolute Gasteiger partial charge is 0.264 e. The molecule has 2 aromatic carbocycles. The van der Waals surface area contributed by atoms with Crippen LogP contribution in [0, 0.1) is 0 Å². The van der Waals surface area contributed by atoms with E-state index in [0.717, 1.165) is 51.0 Å². The quantitative estimate of drug-likeness (QED) is 0.407. The van der Waals surface area contributed by atoms with Gasteiger partial charge in [0.25, 0.3) is 5.91 Å². The molecule has 1 heterocycles. The highest BCUT2D eigenvalue weighted by atomic mass is 79.9. The Morgan fingerprint density at radius 2 is 2.04 bits per heavy atom. The zero-order valence-corrected chi connectivity index (χ0v) is 18.4. The number of anilines is 1. The lowest BCUT2D eigenvalue weighted by atomic mass is 10.1.